The van der Waals surface area contributed by atoms with Crippen LogP contribution in [-0.2, 0) is 11.3 Å². The zero-order valence-electron chi connectivity index (χ0n) is 11.5. The zero-order chi connectivity index (χ0) is 13.7. The van der Waals surface area contributed by atoms with E-state index in [9.17, 15) is 4.79 Å². The Labute approximate surface area is 119 Å². The van der Waals surface area contributed by atoms with E-state index in [0.29, 0.717) is 19.0 Å². The molecule has 0 bridgehead atoms. The number of likely N-dealkylation sites (N-methyl/N-ethyl adjacent to an activating group) is 1. The van der Waals surface area contributed by atoms with Gasteiger partial charge in [-0.3, -0.25) is 9.69 Å². The SMILES string of the molecule is CN(Cc1cccs1)C(=O)CN1CCCC(CN)C1. The highest BCUT2D eigenvalue weighted by Crippen LogP contribution is 2.16. The maximum atomic E-state index is 12.2. The monoisotopic (exact) mass is 281 g/mol. The van der Waals surface area contributed by atoms with Crippen molar-refractivity contribution < 1.29 is 4.79 Å². The van der Waals surface area contributed by atoms with Gasteiger partial charge in [-0.15, -0.1) is 11.3 Å². The zero-order valence-corrected chi connectivity index (χ0v) is 12.4. The third-order valence-corrected chi connectivity index (χ3v) is 4.56. The van der Waals surface area contributed by atoms with Gasteiger partial charge >= 0.3 is 0 Å². The van der Waals surface area contributed by atoms with Gasteiger partial charge in [0.05, 0.1) is 13.1 Å². The van der Waals surface area contributed by atoms with Crippen LogP contribution < -0.4 is 5.73 Å². The number of carbonyl (C=O) groups is 1. The number of hydrogen-bond acceptors (Lipinski definition) is 4. The molecule has 1 saturated heterocycles. The first-order valence-corrected chi connectivity index (χ1v) is 7.75. The Hall–Kier alpha value is -0.910. The van der Waals surface area contributed by atoms with Crippen molar-refractivity contribution in [2.75, 3.05) is 33.2 Å². The summed E-state index contributed by atoms with van der Waals surface area (Å²) >= 11 is 1.69. The predicted octanol–water partition coefficient (Wildman–Crippen LogP) is 1.38. The molecule has 1 fully saturated rings. The molecule has 1 aliphatic heterocycles. The second kappa shape index (κ2) is 7.03. The van der Waals surface area contributed by atoms with Crippen LogP contribution in [0.15, 0.2) is 17.5 Å². The van der Waals surface area contributed by atoms with Crippen LogP contribution in [0.3, 0.4) is 0 Å². The number of nitrogens with zero attached hydrogens (tertiary/aromatic N) is 2. The highest BCUT2D eigenvalue weighted by Gasteiger charge is 2.21. The molecule has 0 aromatic carbocycles. The van der Waals surface area contributed by atoms with Crippen LogP contribution in [0.4, 0.5) is 0 Å². The maximum absolute atomic E-state index is 12.2. The Morgan fingerprint density at radius 2 is 2.47 bits per heavy atom. The van der Waals surface area contributed by atoms with Gasteiger partial charge in [-0.1, -0.05) is 6.07 Å². The molecule has 0 radical (unpaired) electrons. The summed E-state index contributed by atoms with van der Waals surface area (Å²) in [5.74, 6) is 0.759. The number of carbonyl (C=O) groups excluding carboxylic acids is 1. The molecule has 1 aromatic rings. The lowest BCUT2D eigenvalue weighted by Crippen LogP contribution is -2.44. The topological polar surface area (TPSA) is 49.6 Å². The molecular formula is C14H23N3OS. The van der Waals surface area contributed by atoms with E-state index in [1.807, 2.05) is 23.4 Å². The van der Waals surface area contributed by atoms with Crippen molar-refractivity contribution >= 4 is 17.2 Å². The minimum Gasteiger partial charge on any atom is -0.340 e. The van der Waals surface area contributed by atoms with Crippen LogP contribution in [0.1, 0.15) is 17.7 Å². The van der Waals surface area contributed by atoms with Gasteiger partial charge in [0.25, 0.3) is 0 Å². The van der Waals surface area contributed by atoms with Crippen molar-refractivity contribution in [1.82, 2.24) is 9.80 Å². The van der Waals surface area contributed by atoms with Crippen molar-refractivity contribution in [2.24, 2.45) is 11.7 Å². The smallest absolute Gasteiger partial charge is 0.236 e. The van der Waals surface area contributed by atoms with Crippen LogP contribution in [0, 0.1) is 5.92 Å². The first-order chi connectivity index (χ1) is 9.19. The Kier molecular flexibility index (Phi) is 5.36. The Balaban J connectivity index is 1.79. The third kappa shape index (κ3) is 4.30. The molecule has 0 aliphatic carbocycles. The van der Waals surface area contributed by atoms with Crippen LogP contribution in [0.5, 0.6) is 0 Å². The second-order valence-electron chi connectivity index (χ2n) is 5.31. The summed E-state index contributed by atoms with van der Waals surface area (Å²) in [5.41, 5.74) is 5.73. The summed E-state index contributed by atoms with van der Waals surface area (Å²) in [6.07, 6.45) is 2.36. The quantitative estimate of drug-likeness (QED) is 0.887. The van der Waals surface area contributed by atoms with Gasteiger partial charge in [0.15, 0.2) is 0 Å². The highest BCUT2D eigenvalue weighted by molar-refractivity contribution is 7.09. The summed E-state index contributed by atoms with van der Waals surface area (Å²) in [7, 11) is 1.88. The first kappa shape index (κ1) is 14.5. The number of piperidine rings is 1. The molecule has 1 aliphatic rings. The van der Waals surface area contributed by atoms with E-state index < -0.39 is 0 Å². The van der Waals surface area contributed by atoms with Gasteiger partial charge in [0.2, 0.25) is 5.91 Å². The number of nitrogens with two attached hydrogens (primary N) is 1. The summed E-state index contributed by atoms with van der Waals surface area (Å²) in [6.45, 7) is 3.96. The number of thiophene rings is 1. The largest absolute Gasteiger partial charge is 0.340 e. The molecule has 4 nitrogen and oxygen atoms in total. The number of amides is 1. The van der Waals surface area contributed by atoms with Gasteiger partial charge in [-0.2, -0.15) is 0 Å². The first-order valence-electron chi connectivity index (χ1n) is 6.88. The molecule has 2 rings (SSSR count). The van der Waals surface area contributed by atoms with E-state index in [-0.39, 0.29) is 5.91 Å². The van der Waals surface area contributed by atoms with Crippen LogP contribution in [0.2, 0.25) is 0 Å². The van der Waals surface area contributed by atoms with Gasteiger partial charge < -0.3 is 10.6 Å². The molecule has 1 unspecified atom stereocenters. The summed E-state index contributed by atoms with van der Waals surface area (Å²) in [6, 6.07) is 4.09. The average Bonchev–Trinajstić information content (AvgIpc) is 2.91. The fourth-order valence-electron chi connectivity index (χ4n) is 2.52. The lowest BCUT2D eigenvalue weighted by molar-refractivity contribution is -0.132. The molecule has 5 heteroatoms. The van der Waals surface area contributed by atoms with Crippen molar-refractivity contribution in [2.45, 2.75) is 19.4 Å². The Morgan fingerprint density at radius 1 is 1.63 bits per heavy atom. The molecule has 19 heavy (non-hydrogen) atoms. The summed E-state index contributed by atoms with van der Waals surface area (Å²) in [5, 5.41) is 2.05. The van der Waals surface area contributed by atoms with Gasteiger partial charge in [-0.25, -0.2) is 0 Å². The Bertz CT molecular complexity index is 393. The van der Waals surface area contributed by atoms with Crippen molar-refractivity contribution in [1.29, 1.82) is 0 Å². The fraction of sp³-hybridized carbons (Fsp3) is 0.643. The molecule has 1 amide bonds. The normalized spacial score (nSPS) is 20.4. The van der Waals surface area contributed by atoms with E-state index in [1.54, 1.807) is 11.3 Å². The molecule has 2 heterocycles. The van der Waals surface area contributed by atoms with Crippen LogP contribution >= 0.6 is 11.3 Å². The summed E-state index contributed by atoms with van der Waals surface area (Å²) in [4.78, 5) is 17.5. The average molecular weight is 281 g/mol. The van der Waals surface area contributed by atoms with Gasteiger partial charge in [0, 0.05) is 18.5 Å². The maximum Gasteiger partial charge on any atom is 0.236 e. The van der Waals surface area contributed by atoms with E-state index in [4.69, 9.17) is 5.73 Å². The molecule has 0 saturated carbocycles. The molecule has 1 atom stereocenters. The molecule has 106 valence electrons. The van der Waals surface area contributed by atoms with E-state index in [0.717, 1.165) is 26.1 Å². The van der Waals surface area contributed by atoms with E-state index in [2.05, 4.69) is 11.0 Å². The molecule has 0 spiro atoms. The standard InChI is InChI=1S/C14H23N3OS/c1-16(10-13-5-3-7-19-13)14(18)11-17-6-2-4-12(8-15)9-17/h3,5,7,12H,2,4,6,8-11,15H2,1H3. The fourth-order valence-corrected chi connectivity index (χ4v) is 3.28. The van der Waals surface area contributed by atoms with Crippen molar-refractivity contribution in [3.63, 3.8) is 0 Å². The lowest BCUT2D eigenvalue weighted by Gasteiger charge is -2.32. The minimum atomic E-state index is 0.200. The van der Waals surface area contributed by atoms with E-state index >= 15 is 0 Å². The second-order valence-corrected chi connectivity index (χ2v) is 6.34. The molecule has 2 N–H and O–H groups in total. The van der Waals surface area contributed by atoms with Crippen molar-refractivity contribution in [3.05, 3.63) is 22.4 Å². The minimum absolute atomic E-state index is 0.200. The third-order valence-electron chi connectivity index (χ3n) is 3.69. The van der Waals surface area contributed by atoms with Gasteiger partial charge in [-0.05, 0) is 43.3 Å². The molecule has 1 aromatic heterocycles. The van der Waals surface area contributed by atoms with Gasteiger partial charge in [0.1, 0.15) is 0 Å². The Morgan fingerprint density at radius 3 is 3.16 bits per heavy atom. The van der Waals surface area contributed by atoms with Crippen LogP contribution in [-0.4, -0.2) is 48.9 Å². The summed E-state index contributed by atoms with van der Waals surface area (Å²) < 4.78 is 0. The van der Waals surface area contributed by atoms with E-state index in [1.165, 1.54) is 11.3 Å². The van der Waals surface area contributed by atoms with Crippen molar-refractivity contribution in [3.8, 4) is 0 Å². The molecular weight excluding hydrogens is 258 g/mol. The highest BCUT2D eigenvalue weighted by atomic mass is 32.1. The number of hydrogen-bond donors (Lipinski definition) is 1. The predicted molar refractivity (Wildman–Crippen MR) is 79.0 cm³/mol. The van der Waals surface area contributed by atoms with Crippen LogP contribution in [0.25, 0.3) is 0 Å². The number of rotatable bonds is 5. The number of likely N-dealkylation sites (tertiary alicyclic amines) is 1. The lowest BCUT2D eigenvalue weighted by atomic mass is 9.98.